The fraction of sp³-hybridized carbons (Fsp3) is 0.160. The lowest BCUT2D eigenvalue weighted by Gasteiger charge is -2.36. The van der Waals surface area contributed by atoms with Gasteiger partial charge in [-0.1, -0.05) is 36.4 Å². The molecule has 1 aromatic heterocycles. The minimum atomic E-state index is -0.422. The molecule has 6 heteroatoms. The van der Waals surface area contributed by atoms with Crippen molar-refractivity contribution in [2.24, 2.45) is 0 Å². The van der Waals surface area contributed by atoms with Crippen LogP contribution < -0.4 is 9.80 Å². The Balaban J connectivity index is 1.89. The molecule has 0 spiro atoms. The summed E-state index contributed by atoms with van der Waals surface area (Å²) in [4.78, 5) is 29.9. The number of thiocarbonyl (C=S) groups is 1. The Labute approximate surface area is 187 Å². The Morgan fingerprint density at radius 2 is 1.32 bits per heavy atom. The average molecular weight is 430 g/mol. The predicted octanol–water partition coefficient (Wildman–Crippen LogP) is 4.87. The van der Waals surface area contributed by atoms with Gasteiger partial charge < -0.3 is 4.57 Å². The van der Waals surface area contributed by atoms with Gasteiger partial charge in [-0.3, -0.25) is 19.4 Å². The van der Waals surface area contributed by atoms with Gasteiger partial charge in [0.15, 0.2) is 5.11 Å². The topological polar surface area (TPSA) is 45.6 Å². The van der Waals surface area contributed by atoms with E-state index in [-0.39, 0.29) is 10.7 Å². The van der Waals surface area contributed by atoms with Crippen LogP contribution in [-0.4, -0.2) is 21.5 Å². The number of anilines is 2. The number of para-hydroxylation sites is 2. The first kappa shape index (κ1) is 20.8. The van der Waals surface area contributed by atoms with Gasteiger partial charge in [-0.15, -0.1) is 0 Å². The number of hydrogen-bond donors (Lipinski definition) is 0. The highest BCUT2D eigenvalue weighted by atomic mass is 32.1. The third-order valence-corrected chi connectivity index (χ3v) is 5.87. The maximum absolute atomic E-state index is 13.5. The number of rotatable bonds is 4. The highest BCUT2D eigenvalue weighted by Crippen LogP contribution is 2.30. The quantitative estimate of drug-likeness (QED) is 0.338. The molecule has 1 aliphatic heterocycles. The zero-order valence-corrected chi connectivity index (χ0v) is 18.5. The van der Waals surface area contributed by atoms with Crippen LogP contribution in [0.15, 0.2) is 72.3 Å². The molecule has 1 fully saturated rings. The van der Waals surface area contributed by atoms with E-state index in [2.05, 4.69) is 11.5 Å². The number of carbonyl (C=O) groups excluding carboxylic acids is 2. The number of aryl methyl sites for hydroxylation is 1. The van der Waals surface area contributed by atoms with Crippen molar-refractivity contribution in [1.82, 2.24) is 4.57 Å². The minimum absolute atomic E-state index is 0.0812. The van der Waals surface area contributed by atoms with E-state index in [4.69, 9.17) is 12.2 Å². The van der Waals surface area contributed by atoms with E-state index in [0.717, 1.165) is 23.5 Å². The minimum Gasteiger partial charge on any atom is -0.349 e. The van der Waals surface area contributed by atoms with Crippen LogP contribution in [0, 0.1) is 13.8 Å². The SMILES string of the molecule is CCn1c(C)cc(C=C2C(=O)N(c3ccccc3)C(=S)N(c3ccccc3)C2=O)c1C. The molecule has 5 nitrogen and oxygen atoms in total. The number of carbonyl (C=O) groups is 2. The Bertz CT molecular complexity index is 1130. The molecular weight excluding hydrogens is 406 g/mol. The summed E-state index contributed by atoms with van der Waals surface area (Å²) in [5, 5.41) is 0.142. The molecule has 0 unspecified atom stereocenters. The number of benzene rings is 2. The van der Waals surface area contributed by atoms with E-state index in [9.17, 15) is 9.59 Å². The molecule has 0 radical (unpaired) electrons. The molecule has 2 aromatic carbocycles. The smallest absolute Gasteiger partial charge is 0.270 e. The molecule has 0 N–H and O–H groups in total. The van der Waals surface area contributed by atoms with Crippen LogP contribution in [0.2, 0.25) is 0 Å². The van der Waals surface area contributed by atoms with Crippen molar-refractivity contribution in [1.29, 1.82) is 0 Å². The van der Waals surface area contributed by atoms with E-state index in [1.807, 2.05) is 80.6 Å². The second-order valence-corrected chi connectivity index (χ2v) is 7.73. The number of aromatic nitrogens is 1. The lowest BCUT2D eigenvalue weighted by Crippen LogP contribution is -2.56. The molecule has 1 aliphatic rings. The molecule has 0 atom stereocenters. The highest BCUT2D eigenvalue weighted by molar-refractivity contribution is 7.81. The molecule has 1 saturated heterocycles. The predicted molar refractivity (Wildman–Crippen MR) is 128 cm³/mol. The summed E-state index contributed by atoms with van der Waals surface area (Å²) < 4.78 is 2.15. The van der Waals surface area contributed by atoms with Crippen LogP contribution in [0.4, 0.5) is 11.4 Å². The Kier molecular flexibility index (Phi) is 5.57. The summed E-state index contributed by atoms with van der Waals surface area (Å²) in [6, 6.07) is 20.3. The molecule has 4 rings (SSSR count). The fourth-order valence-corrected chi connectivity index (χ4v) is 4.33. The third kappa shape index (κ3) is 3.59. The van der Waals surface area contributed by atoms with Crippen LogP contribution in [0.1, 0.15) is 23.9 Å². The summed E-state index contributed by atoms with van der Waals surface area (Å²) in [6.07, 6.45) is 1.69. The van der Waals surface area contributed by atoms with Gasteiger partial charge in [-0.2, -0.15) is 0 Å². The number of nitrogens with zero attached hydrogens (tertiary/aromatic N) is 3. The maximum Gasteiger partial charge on any atom is 0.270 e. The Hall–Kier alpha value is -3.51. The Morgan fingerprint density at radius 3 is 1.74 bits per heavy atom. The van der Waals surface area contributed by atoms with Gasteiger partial charge in [0.25, 0.3) is 11.8 Å². The van der Waals surface area contributed by atoms with Crippen molar-refractivity contribution in [3.63, 3.8) is 0 Å². The average Bonchev–Trinajstić information content (AvgIpc) is 3.05. The van der Waals surface area contributed by atoms with E-state index in [0.29, 0.717) is 11.4 Å². The summed E-state index contributed by atoms with van der Waals surface area (Å²) in [5.41, 5.74) is 4.27. The first-order valence-electron chi connectivity index (χ1n) is 10.2. The van der Waals surface area contributed by atoms with Crippen molar-refractivity contribution in [3.05, 3.63) is 89.3 Å². The van der Waals surface area contributed by atoms with Crippen molar-refractivity contribution in [3.8, 4) is 0 Å². The van der Waals surface area contributed by atoms with Crippen LogP contribution in [0.5, 0.6) is 0 Å². The molecule has 156 valence electrons. The summed E-state index contributed by atoms with van der Waals surface area (Å²) >= 11 is 5.63. The van der Waals surface area contributed by atoms with Gasteiger partial charge >= 0.3 is 0 Å². The van der Waals surface area contributed by atoms with E-state index in [1.165, 1.54) is 9.80 Å². The molecule has 2 heterocycles. The molecule has 3 aromatic rings. The van der Waals surface area contributed by atoms with E-state index < -0.39 is 11.8 Å². The lowest BCUT2D eigenvalue weighted by atomic mass is 10.1. The molecule has 0 bridgehead atoms. The molecule has 2 amide bonds. The maximum atomic E-state index is 13.5. The van der Waals surface area contributed by atoms with Gasteiger partial charge in [0.05, 0.1) is 11.4 Å². The Morgan fingerprint density at radius 1 is 0.839 bits per heavy atom. The first-order chi connectivity index (χ1) is 14.9. The van der Waals surface area contributed by atoms with Crippen LogP contribution in [0.3, 0.4) is 0 Å². The first-order valence-corrected chi connectivity index (χ1v) is 10.6. The zero-order chi connectivity index (χ0) is 22.1. The molecular formula is C25H23N3O2S. The summed E-state index contributed by atoms with van der Waals surface area (Å²) in [5.74, 6) is -0.843. The summed E-state index contributed by atoms with van der Waals surface area (Å²) in [6.45, 7) is 6.90. The van der Waals surface area contributed by atoms with Crippen LogP contribution in [-0.2, 0) is 16.1 Å². The third-order valence-electron chi connectivity index (χ3n) is 5.51. The van der Waals surface area contributed by atoms with Crippen LogP contribution in [0.25, 0.3) is 6.08 Å². The molecule has 0 aliphatic carbocycles. The standard InChI is InChI=1S/C25H23N3O2S/c1-4-26-17(2)15-19(18(26)3)16-22-23(29)27(20-11-7-5-8-12-20)25(31)28(24(22)30)21-13-9-6-10-14-21/h5-16H,4H2,1-3H3. The van der Waals surface area contributed by atoms with Gasteiger partial charge in [0.2, 0.25) is 0 Å². The lowest BCUT2D eigenvalue weighted by molar-refractivity contribution is -0.120. The summed E-state index contributed by atoms with van der Waals surface area (Å²) in [7, 11) is 0. The second kappa shape index (κ2) is 8.32. The van der Waals surface area contributed by atoms with Gasteiger partial charge in [0, 0.05) is 17.9 Å². The van der Waals surface area contributed by atoms with E-state index >= 15 is 0 Å². The zero-order valence-electron chi connectivity index (χ0n) is 17.7. The highest BCUT2D eigenvalue weighted by Gasteiger charge is 2.41. The number of amides is 2. The largest absolute Gasteiger partial charge is 0.349 e. The normalized spacial score (nSPS) is 14.4. The van der Waals surface area contributed by atoms with Gasteiger partial charge in [0.1, 0.15) is 5.57 Å². The molecule has 0 saturated carbocycles. The van der Waals surface area contributed by atoms with Crippen molar-refractivity contribution >= 4 is 46.6 Å². The number of hydrogen-bond acceptors (Lipinski definition) is 3. The van der Waals surface area contributed by atoms with Crippen molar-refractivity contribution in [2.45, 2.75) is 27.3 Å². The molecule has 31 heavy (non-hydrogen) atoms. The van der Waals surface area contributed by atoms with Crippen molar-refractivity contribution in [2.75, 3.05) is 9.80 Å². The second-order valence-electron chi connectivity index (χ2n) is 7.36. The monoisotopic (exact) mass is 429 g/mol. The van der Waals surface area contributed by atoms with E-state index in [1.54, 1.807) is 6.08 Å². The fourth-order valence-electron chi connectivity index (χ4n) is 3.96. The van der Waals surface area contributed by atoms with Crippen molar-refractivity contribution < 1.29 is 9.59 Å². The van der Waals surface area contributed by atoms with Gasteiger partial charge in [-0.25, -0.2) is 0 Å². The van der Waals surface area contributed by atoms with Crippen LogP contribution >= 0.6 is 12.2 Å². The van der Waals surface area contributed by atoms with Gasteiger partial charge in [-0.05, 0) is 75.0 Å².